The van der Waals surface area contributed by atoms with E-state index in [4.69, 9.17) is 9.52 Å². The molecule has 6 nitrogen and oxygen atoms in total. The van der Waals surface area contributed by atoms with E-state index in [9.17, 15) is 14.7 Å². The molecule has 1 fully saturated rings. The average Bonchev–Trinajstić information content (AvgIpc) is 2.95. The van der Waals surface area contributed by atoms with E-state index in [0.717, 1.165) is 4.90 Å². The van der Waals surface area contributed by atoms with Crippen molar-refractivity contribution in [2.75, 3.05) is 12.8 Å². The largest absolute Gasteiger partial charge is 0.480 e. The van der Waals surface area contributed by atoms with Crippen molar-refractivity contribution in [2.45, 2.75) is 24.3 Å². The highest BCUT2D eigenvalue weighted by Crippen LogP contribution is 2.22. The summed E-state index contributed by atoms with van der Waals surface area (Å²) in [4.78, 5) is 24.4. The van der Waals surface area contributed by atoms with Crippen LogP contribution < -0.4 is 0 Å². The summed E-state index contributed by atoms with van der Waals surface area (Å²) in [6.07, 6.45) is 1.17. The highest BCUT2D eigenvalue weighted by Gasteiger charge is 2.40. The smallest absolute Gasteiger partial charge is 0.326 e. The van der Waals surface area contributed by atoms with E-state index in [-0.39, 0.29) is 18.7 Å². The van der Waals surface area contributed by atoms with E-state index in [0.29, 0.717) is 11.5 Å². The Bertz CT molecular complexity index is 486. The van der Waals surface area contributed by atoms with Crippen LogP contribution in [0.4, 0.5) is 0 Å². The van der Waals surface area contributed by atoms with Crippen LogP contribution in [0, 0.1) is 0 Å². The SMILES string of the molecule is CSCc1ccc(C(=O)N2CC(O)C[C@H]2C(=O)O)o1. The highest BCUT2D eigenvalue weighted by atomic mass is 32.2. The monoisotopic (exact) mass is 285 g/mol. The lowest BCUT2D eigenvalue weighted by molar-refractivity contribution is -0.141. The van der Waals surface area contributed by atoms with E-state index >= 15 is 0 Å². The standard InChI is InChI=1S/C12H15NO5S/c1-19-6-8-2-3-10(18-8)11(15)13-5-7(14)4-9(13)12(16)17/h2-3,7,9,14H,4-6H2,1H3,(H,16,17)/t7?,9-/m0/s1. The number of nitrogens with zero attached hydrogens (tertiary/aromatic N) is 1. The van der Waals surface area contributed by atoms with Crippen LogP contribution >= 0.6 is 11.8 Å². The molecule has 7 heteroatoms. The Kier molecular flexibility index (Phi) is 4.16. The second kappa shape index (κ2) is 5.66. The van der Waals surface area contributed by atoms with Crippen LogP contribution in [-0.2, 0) is 10.5 Å². The van der Waals surface area contributed by atoms with Crippen LogP contribution in [0.25, 0.3) is 0 Å². The maximum Gasteiger partial charge on any atom is 0.326 e. The highest BCUT2D eigenvalue weighted by molar-refractivity contribution is 7.97. The fourth-order valence-corrected chi connectivity index (χ4v) is 2.57. The van der Waals surface area contributed by atoms with E-state index in [2.05, 4.69) is 0 Å². The Morgan fingerprint density at radius 1 is 1.53 bits per heavy atom. The number of carbonyl (C=O) groups excluding carboxylic acids is 1. The second-order valence-corrected chi connectivity index (χ2v) is 5.27. The average molecular weight is 285 g/mol. The molecule has 0 bridgehead atoms. The van der Waals surface area contributed by atoms with Gasteiger partial charge in [-0.3, -0.25) is 4.79 Å². The first kappa shape index (κ1) is 14.0. The van der Waals surface area contributed by atoms with Gasteiger partial charge in [0.1, 0.15) is 11.8 Å². The number of thioether (sulfide) groups is 1. The van der Waals surface area contributed by atoms with Gasteiger partial charge in [0.2, 0.25) is 0 Å². The van der Waals surface area contributed by atoms with Crippen LogP contribution in [0.3, 0.4) is 0 Å². The lowest BCUT2D eigenvalue weighted by Gasteiger charge is -2.19. The molecule has 1 aliphatic heterocycles. The summed E-state index contributed by atoms with van der Waals surface area (Å²) < 4.78 is 5.37. The number of furan rings is 1. The lowest BCUT2D eigenvalue weighted by Crippen LogP contribution is -2.40. The van der Waals surface area contributed by atoms with Gasteiger partial charge in [-0.15, -0.1) is 0 Å². The Morgan fingerprint density at radius 2 is 2.26 bits per heavy atom. The molecule has 104 valence electrons. The number of rotatable bonds is 4. The predicted octanol–water partition coefficient (Wildman–Crippen LogP) is 0.803. The van der Waals surface area contributed by atoms with Crippen molar-refractivity contribution in [1.82, 2.24) is 4.90 Å². The number of carbonyl (C=O) groups is 2. The third-order valence-electron chi connectivity index (χ3n) is 2.98. The first-order valence-corrected chi connectivity index (χ1v) is 7.21. The van der Waals surface area contributed by atoms with Crippen molar-refractivity contribution >= 4 is 23.6 Å². The van der Waals surface area contributed by atoms with Gasteiger partial charge in [0.05, 0.1) is 11.9 Å². The molecule has 2 atom stereocenters. The van der Waals surface area contributed by atoms with Gasteiger partial charge < -0.3 is 19.5 Å². The molecule has 0 saturated carbocycles. The Labute approximate surface area is 114 Å². The zero-order valence-electron chi connectivity index (χ0n) is 10.4. The summed E-state index contributed by atoms with van der Waals surface area (Å²) in [6.45, 7) is 0.0222. The summed E-state index contributed by atoms with van der Waals surface area (Å²) in [5.41, 5.74) is 0. The zero-order chi connectivity index (χ0) is 14.0. The van der Waals surface area contributed by atoms with Crippen molar-refractivity contribution in [1.29, 1.82) is 0 Å². The number of amides is 1. The third kappa shape index (κ3) is 2.93. The maximum absolute atomic E-state index is 12.2. The van der Waals surface area contributed by atoms with E-state index < -0.39 is 24.0 Å². The number of carboxylic acids is 1. The van der Waals surface area contributed by atoms with E-state index in [1.807, 2.05) is 6.26 Å². The number of carboxylic acid groups (broad SMARTS) is 1. The quantitative estimate of drug-likeness (QED) is 0.850. The molecule has 1 unspecified atom stereocenters. The molecule has 1 aromatic rings. The third-order valence-corrected chi connectivity index (χ3v) is 3.56. The van der Waals surface area contributed by atoms with Crippen molar-refractivity contribution in [3.05, 3.63) is 23.7 Å². The van der Waals surface area contributed by atoms with Gasteiger partial charge in [-0.25, -0.2) is 4.79 Å². The van der Waals surface area contributed by atoms with Gasteiger partial charge in [0.25, 0.3) is 5.91 Å². The molecule has 1 aromatic heterocycles. The van der Waals surface area contributed by atoms with E-state index in [1.54, 1.807) is 17.8 Å². The second-order valence-electron chi connectivity index (χ2n) is 4.40. The van der Waals surface area contributed by atoms with Gasteiger partial charge in [-0.05, 0) is 18.4 Å². The number of aliphatic carboxylic acids is 1. The minimum absolute atomic E-state index is 0.0222. The predicted molar refractivity (Wildman–Crippen MR) is 69.0 cm³/mol. The molecule has 0 aromatic carbocycles. The van der Waals surface area contributed by atoms with Crippen LogP contribution in [0.1, 0.15) is 22.7 Å². The van der Waals surface area contributed by atoms with Gasteiger partial charge in [0.15, 0.2) is 5.76 Å². The van der Waals surface area contributed by atoms with Gasteiger partial charge in [-0.1, -0.05) is 0 Å². The molecule has 2 heterocycles. The summed E-state index contributed by atoms with van der Waals surface area (Å²) in [5, 5.41) is 18.6. The topological polar surface area (TPSA) is 91.0 Å². The van der Waals surface area contributed by atoms with Crippen LogP contribution in [0.15, 0.2) is 16.5 Å². The van der Waals surface area contributed by atoms with Gasteiger partial charge in [-0.2, -0.15) is 11.8 Å². The molecule has 1 aliphatic rings. The van der Waals surface area contributed by atoms with Crippen molar-refractivity contribution in [2.24, 2.45) is 0 Å². The van der Waals surface area contributed by atoms with Crippen LogP contribution in [0.5, 0.6) is 0 Å². The molecule has 2 rings (SSSR count). The van der Waals surface area contributed by atoms with Gasteiger partial charge >= 0.3 is 5.97 Å². The Morgan fingerprint density at radius 3 is 2.89 bits per heavy atom. The fraction of sp³-hybridized carbons (Fsp3) is 0.500. The first-order valence-electron chi connectivity index (χ1n) is 5.82. The maximum atomic E-state index is 12.2. The number of likely N-dealkylation sites (tertiary alicyclic amines) is 1. The molecule has 1 saturated heterocycles. The molecule has 2 N–H and O–H groups in total. The van der Waals surface area contributed by atoms with E-state index in [1.165, 1.54) is 6.07 Å². The number of aliphatic hydroxyl groups is 1. The van der Waals surface area contributed by atoms with Crippen molar-refractivity contribution in [3.63, 3.8) is 0 Å². The Balaban J connectivity index is 2.15. The van der Waals surface area contributed by atoms with Crippen LogP contribution in [-0.4, -0.2) is 51.9 Å². The molecular formula is C12H15NO5S. The van der Waals surface area contributed by atoms with Crippen molar-refractivity contribution < 1.29 is 24.2 Å². The summed E-state index contributed by atoms with van der Waals surface area (Å²) in [7, 11) is 0. The molecular weight excluding hydrogens is 270 g/mol. The number of hydrogen-bond acceptors (Lipinski definition) is 5. The minimum atomic E-state index is -1.11. The zero-order valence-corrected chi connectivity index (χ0v) is 11.2. The normalized spacial score (nSPS) is 22.7. The number of β-amino-alcohol motifs (C(OH)–C–C–N with tert-alkyl or cyclic N) is 1. The number of hydrogen-bond donors (Lipinski definition) is 2. The van der Waals surface area contributed by atoms with Crippen molar-refractivity contribution in [3.8, 4) is 0 Å². The molecule has 0 aliphatic carbocycles. The molecule has 0 spiro atoms. The molecule has 1 amide bonds. The molecule has 0 radical (unpaired) electrons. The minimum Gasteiger partial charge on any atom is -0.480 e. The first-order chi connectivity index (χ1) is 9.02. The molecule has 19 heavy (non-hydrogen) atoms. The summed E-state index contributed by atoms with van der Waals surface area (Å²) in [5.74, 6) is -0.165. The summed E-state index contributed by atoms with van der Waals surface area (Å²) >= 11 is 1.57. The lowest BCUT2D eigenvalue weighted by atomic mass is 10.2. The fourth-order valence-electron chi connectivity index (χ4n) is 2.13. The Hall–Kier alpha value is -1.47. The van der Waals surface area contributed by atoms with Gasteiger partial charge in [0, 0.05) is 13.0 Å². The van der Waals surface area contributed by atoms with Crippen LogP contribution in [0.2, 0.25) is 0 Å². The summed E-state index contributed by atoms with van der Waals surface area (Å²) in [6, 6.07) is 2.25. The number of aliphatic hydroxyl groups excluding tert-OH is 1.